The number of carbonyl (C=O) groups excluding carboxylic acids is 1. The molecule has 1 rings (SSSR count). The first-order chi connectivity index (χ1) is 7.67. The molecular weight excluding hydrogens is 204 g/mol. The minimum atomic E-state index is -0.540. The molecule has 1 aliphatic carbocycles. The average Bonchev–Trinajstić information content (AvgIpc) is 2.57. The van der Waals surface area contributed by atoms with Crippen LogP contribution in [0.25, 0.3) is 0 Å². The number of hydrogen-bond donors (Lipinski definition) is 0. The van der Waals surface area contributed by atoms with Crippen LogP contribution in [0.15, 0.2) is 12.2 Å². The molecule has 0 spiro atoms. The van der Waals surface area contributed by atoms with Crippen molar-refractivity contribution in [2.24, 2.45) is 17.8 Å². The normalized spacial score (nSPS) is 29.6. The van der Waals surface area contributed by atoms with E-state index in [4.69, 9.17) is 9.47 Å². The van der Waals surface area contributed by atoms with Crippen LogP contribution in [0.5, 0.6) is 0 Å². The fourth-order valence-corrected chi connectivity index (χ4v) is 2.45. The molecule has 3 heteroatoms. The molecule has 0 aromatic heterocycles. The molecule has 1 aliphatic rings. The molecule has 0 aromatic rings. The largest absolute Gasteiger partial charge is 0.508 e. The summed E-state index contributed by atoms with van der Waals surface area (Å²) in [5.41, 5.74) is 0. The predicted molar refractivity (Wildman–Crippen MR) is 63.2 cm³/mol. The summed E-state index contributed by atoms with van der Waals surface area (Å²) in [6.07, 6.45) is 6.10. The van der Waals surface area contributed by atoms with Crippen LogP contribution in [0.2, 0.25) is 0 Å². The highest BCUT2D eigenvalue weighted by molar-refractivity contribution is 5.59. The number of ether oxygens (including phenoxy) is 2. The molecule has 0 amide bonds. The van der Waals surface area contributed by atoms with E-state index < -0.39 is 6.16 Å². The summed E-state index contributed by atoms with van der Waals surface area (Å²) < 4.78 is 9.84. The topological polar surface area (TPSA) is 35.5 Å². The van der Waals surface area contributed by atoms with Gasteiger partial charge in [0, 0.05) is 0 Å². The Hall–Kier alpha value is -0.990. The van der Waals surface area contributed by atoms with Gasteiger partial charge in [-0.2, -0.15) is 0 Å². The molecule has 1 saturated carbocycles. The van der Waals surface area contributed by atoms with Gasteiger partial charge in [0.1, 0.15) is 0 Å². The van der Waals surface area contributed by atoms with Gasteiger partial charge >= 0.3 is 6.16 Å². The first-order valence-electron chi connectivity index (χ1n) is 6.09. The molecule has 16 heavy (non-hydrogen) atoms. The second-order valence-electron chi connectivity index (χ2n) is 4.52. The van der Waals surface area contributed by atoms with E-state index in [1.165, 1.54) is 6.42 Å². The van der Waals surface area contributed by atoms with Crippen molar-refractivity contribution >= 4 is 6.16 Å². The first-order valence-corrected chi connectivity index (χ1v) is 6.09. The van der Waals surface area contributed by atoms with E-state index in [1.807, 2.05) is 6.92 Å². The van der Waals surface area contributed by atoms with E-state index in [2.05, 4.69) is 19.1 Å². The smallest absolute Gasteiger partial charge is 0.435 e. The van der Waals surface area contributed by atoms with Gasteiger partial charge in [-0.3, -0.25) is 0 Å². The van der Waals surface area contributed by atoms with Crippen molar-refractivity contribution in [1.29, 1.82) is 0 Å². The zero-order valence-electron chi connectivity index (χ0n) is 10.4. The Morgan fingerprint density at radius 1 is 1.38 bits per heavy atom. The van der Waals surface area contributed by atoms with Gasteiger partial charge in [-0.25, -0.2) is 4.79 Å². The molecule has 3 unspecified atom stereocenters. The predicted octanol–water partition coefficient (Wildman–Crippen LogP) is 3.40. The van der Waals surface area contributed by atoms with Crippen molar-refractivity contribution < 1.29 is 14.3 Å². The number of carbonyl (C=O) groups is 1. The fraction of sp³-hybridized carbons (Fsp3) is 0.769. The van der Waals surface area contributed by atoms with Gasteiger partial charge in [-0.1, -0.05) is 19.1 Å². The zero-order chi connectivity index (χ0) is 12.0. The summed E-state index contributed by atoms with van der Waals surface area (Å²) in [5.74, 6) is 1.72. The Balaban J connectivity index is 2.37. The molecule has 0 radical (unpaired) electrons. The summed E-state index contributed by atoms with van der Waals surface area (Å²) in [6.45, 7) is 6.92. The van der Waals surface area contributed by atoms with Crippen molar-refractivity contribution in [2.45, 2.75) is 33.6 Å². The van der Waals surface area contributed by atoms with E-state index in [9.17, 15) is 4.79 Å². The minimum Gasteiger partial charge on any atom is -0.435 e. The third-order valence-corrected chi connectivity index (χ3v) is 3.10. The SMILES string of the molecule is C/C=C\C1CC(C)CC1COC(=O)OCC. The van der Waals surface area contributed by atoms with Gasteiger partial charge in [-0.05, 0) is 44.4 Å². The van der Waals surface area contributed by atoms with Crippen molar-refractivity contribution in [3.05, 3.63) is 12.2 Å². The van der Waals surface area contributed by atoms with Crippen LogP contribution in [0.4, 0.5) is 4.79 Å². The highest BCUT2D eigenvalue weighted by Gasteiger charge is 2.31. The molecule has 0 aliphatic heterocycles. The van der Waals surface area contributed by atoms with Crippen LogP contribution in [0, 0.1) is 17.8 Å². The van der Waals surface area contributed by atoms with E-state index in [0.29, 0.717) is 25.0 Å². The third-order valence-electron chi connectivity index (χ3n) is 3.10. The lowest BCUT2D eigenvalue weighted by Gasteiger charge is -2.15. The number of allylic oxidation sites excluding steroid dienone is 2. The summed E-state index contributed by atoms with van der Waals surface area (Å²) in [5, 5.41) is 0. The summed E-state index contributed by atoms with van der Waals surface area (Å²) in [6, 6.07) is 0. The second-order valence-corrected chi connectivity index (χ2v) is 4.52. The van der Waals surface area contributed by atoms with Gasteiger partial charge in [0.25, 0.3) is 0 Å². The molecule has 0 saturated heterocycles. The first kappa shape index (κ1) is 13.1. The van der Waals surface area contributed by atoms with Crippen molar-refractivity contribution in [3.8, 4) is 0 Å². The quantitative estimate of drug-likeness (QED) is 0.544. The molecular formula is C13H22O3. The van der Waals surface area contributed by atoms with Gasteiger partial charge < -0.3 is 9.47 Å². The Kier molecular flexibility index (Phi) is 5.36. The lowest BCUT2D eigenvalue weighted by Crippen LogP contribution is -2.17. The lowest BCUT2D eigenvalue weighted by atomic mass is 9.97. The summed E-state index contributed by atoms with van der Waals surface area (Å²) >= 11 is 0. The van der Waals surface area contributed by atoms with Gasteiger partial charge in [-0.15, -0.1) is 0 Å². The van der Waals surface area contributed by atoms with Crippen LogP contribution < -0.4 is 0 Å². The minimum absolute atomic E-state index is 0.373. The van der Waals surface area contributed by atoms with E-state index in [1.54, 1.807) is 6.92 Å². The molecule has 0 bridgehead atoms. The average molecular weight is 226 g/mol. The summed E-state index contributed by atoms with van der Waals surface area (Å²) in [4.78, 5) is 11.1. The zero-order valence-corrected chi connectivity index (χ0v) is 10.4. The van der Waals surface area contributed by atoms with Gasteiger partial charge in [0.2, 0.25) is 0 Å². The molecule has 0 aromatic carbocycles. The maximum Gasteiger partial charge on any atom is 0.508 e. The van der Waals surface area contributed by atoms with Gasteiger partial charge in [0.15, 0.2) is 0 Å². The Morgan fingerprint density at radius 2 is 2.12 bits per heavy atom. The molecule has 92 valence electrons. The van der Waals surface area contributed by atoms with E-state index in [-0.39, 0.29) is 0 Å². The second kappa shape index (κ2) is 6.56. The maximum absolute atomic E-state index is 11.1. The van der Waals surface area contributed by atoms with Crippen LogP contribution >= 0.6 is 0 Å². The monoisotopic (exact) mass is 226 g/mol. The van der Waals surface area contributed by atoms with Crippen molar-refractivity contribution in [3.63, 3.8) is 0 Å². The standard InChI is InChI=1S/C13H22O3/c1-4-6-11-7-10(3)8-12(11)9-16-13(14)15-5-2/h4,6,10-12H,5,7-9H2,1-3H3/b6-4-. The van der Waals surface area contributed by atoms with E-state index >= 15 is 0 Å². The van der Waals surface area contributed by atoms with Gasteiger partial charge in [0.05, 0.1) is 13.2 Å². The fourth-order valence-electron chi connectivity index (χ4n) is 2.45. The highest BCUT2D eigenvalue weighted by Crippen LogP contribution is 2.37. The Labute approximate surface area is 97.8 Å². The van der Waals surface area contributed by atoms with Crippen LogP contribution in [-0.2, 0) is 9.47 Å². The lowest BCUT2D eigenvalue weighted by molar-refractivity contribution is 0.0449. The highest BCUT2D eigenvalue weighted by atomic mass is 16.7. The Bertz CT molecular complexity index is 248. The Morgan fingerprint density at radius 3 is 2.75 bits per heavy atom. The van der Waals surface area contributed by atoms with Crippen molar-refractivity contribution in [2.75, 3.05) is 13.2 Å². The molecule has 0 heterocycles. The molecule has 3 atom stereocenters. The summed E-state index contributed by atoms with van der Waals surface area (Å²) in [7, 11) is 0. The number of hydrogen-bond acceptors (Lipinski definition) is 3. The molecule has 0 N–H and O–H groups in total. The third kappa shape index (κ3) is 3.87. The van der Waals surface area contributed by atoms with E-state index in [0.717, 1.165) is 12.3 Å². The number of rotatable bonds is 4. The maximum atomic E-state index is 11.1. The van der Waals surface area contributed by atoms with Crippen molar-refractivity contribution in [1.82, 2.24) is 0 Å². The molecule has 3 nitrogen and oxygen atoms in total. The molecule has 1 fully saturated rings. The van der Waals surface area contributed by atoms with Crippen LogP contribution in [0.1, 0.15) is 33.6 Å². The van der Waals surface area contributed by atoms with Crippen LogP contribution in [0.3, 0.4) is 0 Å². The van der Waals surface area contributed by atoms with Crippen LogP contribution in [-0.4, -0.2) is 19.4 Å².